The van der Waals surface area contributed by atoms with Crippen LogP contribution in [0, 0.1) is 46.8 Å². The van der Waals surface area contributed by atoms with Gasteiger partial charge in [-0.1, -0.05) is 58.4 Å². The van der Waals surface area contributed by atoms with Crippen molar-refractivity contribution in [2.24, 2.45) is 46.8 Å². The van der Waals surface area contributed by atoms with Crippen molar-refractivity contribution in [3.05, 3.63) is 12.7 Å². The third-order valence-corrected chi connectivity index (χ3v) is 9.70. The molecule has 6 atom stereocenters. The van der Waals surface area contributed by atoms with Crippen LogP contribution in [0.2, 0.25) is 0 Å². The highest BCUT2D eigenvalue weighted by atomic mass is 14.6. The smallest absolute Gasteiger partial charge is 0.0292 e. The third kappa shape index (κ3) is 3.44. The van der Waals surface area contributed by atoms with Gasteiger partial charge in [0.2, 0.25) is 0 Å². The largest absolute Gasteiger partial charge is 0.103 e. The molecule has 0 saturated heterocycles. The topological polar surface area (TPSA) is 0 Å². The van der Waals surface area contributed by atoms with E-state index in [0.29, 0.717) is 5.41 Å². The zero-order valence-corrected chi connectivity index (χ0v) is 17.7. The Morgan fingerprint density at radius 3 is 1.96 bits per heavy atom. The van der Waals surface area contributed by atoms with Crippen molar-refractivity contribution in [2.75, 3.05) is 0 Å². The van der Waals surface area contributed by atoms with Crippen LogP contribution in [0.5, 0.6) is 0 Å². The third-order valence-electron chi connectivity index (χ3n) is 9.70. The van der Waals surface area contributed by atoms with Crippen molar-refractivity contribution in [2.45, 2.75) is 104 Å². The normalized spacial score (nSPS) is 43.1. The summed E-state index contributed by atoms with van der Waals surface area (Å²) in [6, 6.07) is 0. The fourth-order valence-corrected chi connectivity index (χ4v) is 8.59. The fourth-order valence-electron chi connectivity index (χ4n) is 8.59. The Balaban J connectivity index is 1.48. The molecule has 4 rings (SSSR count). The highest BCUT2D eigenvalue weighted by Crippen LogP contribution is 2.64. The van der Waals surface area contributed by atoms with Gasteiger partial charge in [-0.05, 0) is 98.2 Å². The van der Waals surface area contributed by atoms with Crippen molar-refractivity contribution in [1.82, 2.24) is 0 Å². The number of hydrogen-bond acceptors (Lipinski definition) is 0. The summed E-state index contributed by atoms with van der Waals surface area (Å²) in [5, 5.41) is 0. The maximum atomic E-state index is 3.91. The van der Waals surface area contributed by atoms with Gasteiger partial charge in [0.25, 0.3) is 0 Å². The molecule has 0 aromatic carbocycles. The molecule has 0 aromatic heterocycles. The van der Waals surface area contributed by atoms with Gasteiger partial charge >= 0.3 is 0 Å². The van der Waals surface area contributed by atoms with E-state index in [0.717, 1.165) is 41.4 Å². The minimum absolute atomic E-state index is 0.588. The zero-order chi connectivity index (χ0) is 18.1. The lowest BCUT2D eigenvalue weighted by molar-refractivity contribution is 0.0293. The Morgan fingerprint density at radius 2 is 1.38 bits per heavy atom. The van der Waals surface area contributed by atoms with Crippen LogP contribution >= 0.6 is 0 Å². The summed E-state index contributed by atoms with van der Waals surface area (Å²) in [5.74, 6) is 7.48. The summed E-state index contributed by atoms with van der Waals surface area (Å²) in [6.45, 7) is 9.35. The quantitative estimate of drug-likeness (QED) is 0.334. The highest BCUT2D eigenvalue weighted by molar-refractivity contribution is 5.06. The van der Waals surface area contributed by atoms with Gasteiger partial charge in [0.05, 0.1) is 0 Å². The average molecular weight is 357 g/mol. The molecule has 0 aromatic rings. The Morgan fingerprint density at radius 1 is 0.808 bits per heavy atom. The van der Waals surface area contributed by atoms with Gasteiger partial charge < -0.3 is 0 Å². The Hall–Kier alpha value is -0.260. The van der Waals surface area contributed by atoms with Crippen LogP contribution in [0.15, 0.2) is 12.7 Å². The first-order valence-corrected chi connectivity index (χ1v) is 12.2. The lowest BCUT2D eigenvalue weighted by atomic mass is 9.59. The van der Waals surface area contributed by atoms with E-state index in [2.05, 4.69) is 26.5 Å². The molecule has 6 unspecified atom stereocenters. The highest BCUT2D eigenvalue weighted by Gasteiger charge is 2.57. The average Bonchev–Trinajstić information content (AvgIpc) is 3.25. The second-order valence-electron chi connectivity index (χ2n) is 11.2. The molecule has 0 nitrogen and oxygen atoms in total. The minimum atomic E-state index is 0.588. The molecule has 0 spiro atoms. The second kappa shape index (κ2) is 8.00. The van der Waals surface area contributed by atoms with E-state index in [4.69, 9.17) is 0 Å². The van der Waals surface area contributed by atoms with E-state index in [9.17, 15) is 0 Å². The van der Waals surface area contributed by atoms with Gasteiger partial charge in [-0.2, -0.15) is 0 Å². The summed E-state index contributed by atoms with van der Waals surface area (Å²) in [7, 11) is 0. The van der Waals surface area contributed by atoms with Crippen molar-refractivity contribution < 1.29 is 0 Å². The van der Waals surface area contributed by atoms with Crippen molar-refractivity contribution in [3.8, 4) is 0 Å². The van der Waals surface area contributed by atoms with E-state index >= 15 is 0 Å². The molecule has 0 aliphatic heterocycles. The first-order valence-electron chi connectivity index (χ1n) is 12.2. The van der Waals surface area contributed by atoms with Gasteiger partial charge in [-0.3, -0.25) is 0 Å². The molecule has 0 heteroatoms. The van der Waals surface area contributed by atoms with E-state index in [1.165, 1.54) is 64.2 Å². The van der Waals surface area contributed by atoms with Crippen LogP contribution in [0.25, 0.3) is 0 Å². The molecule has 0 amide bonds. The Bertz CT molecular complexity index is 452. The van der Waals surface area contributed by atoms with Crippen molar-refractivity contribution >= 4 is 0 Å². The van der Waals surface area contributed by atoms with Gasteiger partial charge in [-0.25, -0.2) is 0 Å². The van der Waals surface area contributed by atoms with Gasteiger partial charge in [0.1, 0.15) is 0 Å². The van der Waals surface area contributed by atoms with E-state index in [-0.39, 0.29) is 0 Å². The molecule has 0 heterocycles. The summed E-state index contributed by atoms with van der Waals surface area (Å²) >= 11 is 0. The summed E-state index contributed by atoms with van der Waals surface area (Å²) < 4.78 is 0. The first kappa shape index (κ1) is 19.1. The molecular formula is C26H44. The predicted molar refractivity (Wildman–Crippen MR) is 113 cm³/mol. The molecule has 4 aliphatic carbocycles. The van der Waals surface area contributed by atoms with Gasteiger partial charge in [0.15, 0.2) is 0 Å². The number of unbranched alkanes of at least 4 members (excludes halogenated alkanes) is 1. The van der Waals surface area contributed by atoms with Crippen LogP contribution in [0.4, 0.5) is 0 Å². The fraction of sp³-hybridized carbons (Fsp3) is 0.923. The molecule has 4 saturated carbocycles. The summed E-state index contributed by atoms with van der Waals surface area (Å²) in [5.41, 5.74) is 0.588. The van der Waals surface area contributed by atoms with Crippen LogP contribution in [0.1, 0.15) is 104 Å². The minimum Gasteiger partial charge on any atom is -0.103 e. The van der Waals surface area contributed by atoms with Crippen LogP contribution in [-0.2, 0) is 0 Å². The number of fused-ring (bicyclic) bond motifs is 3. The molecule has 0 bridgehead atoms. The van der Waals surface area contributed by atoms with Crippen molar-refractivity contribution in [3.63, 3.8) is 0 Å². The van der Waals surface area contributed by atoms with Crippen LogP contribution < -0.4 is 0 Å². The Kier molecular flexibility index (Phi) is 5.87. The molecule has 26 heavy (non-hydrogen) atoms. The van der Waals surface area contributed by atoms with E-state index < -0.39 is 0 Å². The van der Waals surface area contributed by atoms with Crippen LogP contribution in [0.3, 0.4) is 0 Å². The predicted octanol–water partition coefficient (Wildman–Crippen LogP) is 8.03. The zero-order valence-electron chi connectivity index (χ0n) is 17.7. The standard InChI is InChI=1S/C26H44/c1-4-5-6-11-19-16-17-20(18-19)26(2,3)25-23-14-9-7-12-21(23)22-13-8-10-15-24(22)25/h4,19-25H,1,5-18H2,2-3H3. The van der Waals surface area contributed by atoms with Crippen LogP contribution in [-0.4, -0.2) is 0 Å². The lowest BCUT2D eigenvalue weighted by Crippen LogP contribution is -2.39. The molecular weight excluding hydrogens is 312 g/mol. The first-order chi connectivity index (χ1) is 12.6. The Labute approximate surface area is 163 Å². The molecule has 0 radical (unpaired) electrons. The second-order valence-corrected chi connectivity index (χ2v) is 11.2. The maximum Gasteiger partial charge on any atom is -0.0292 e. The molecule has 4 aliphatic rings. The monoisotopic (exact) mass is 356 g/mol. The molecule has 0 N–H and O–H groups in total. The molecule has 148 valence electrons. The lowest BCUT2D eigenvalue weighted by Gasteiger charge is -2.46. The van der Waals surface area contributed by atoms with E-state index in [1.807, 2.05) is 0 Å². The number of rotatable bonds is 6. The van der Waals surface area contributed by atoms with E-state index in [1.54, 1.807) is 25.7 Å². The SMILES string of the molecule is C=CCCCC1CCC(C(C)(C)C2C3CCCCC3C3CCCCC32)C1. The number of allylic oxidation sites excluding steroid dienone is 1. The number of hydrogen-bond donors (Lipinski definition) is 0. The summed E-state index contributed by atoms with van der Waals surface area (Å²) in [6.07, 6.45) is 23.2. The maximum absolute atomic E-state index is 3.91. The van der Waals surface area contributed by atoms with Gasteiger partial charge in [0, 0.05) is 0 Å². The molecule has 4 fully saturated rings. The van der Waals surface area contributed by atoms with Crippen molar-refractivity contribution in [1.29, 1.82) is 0 Å². The summed E-state index contributed by atoms with van der Waals surface area (Å²) in [4.78, 5) is 0. The van der Waals surface area contributed by atoms with Gasteiger partial charge in [-0.15, -0.1) is 6.58 Å².